The monoisotopic (exact) mass is 399 g/mol. The van der Waals surface area contributed by atoms with E-state index < -0.39 is 10.0 Å². The number of sulfonamides is 1. The molecular formula is C18H29N3O5S. The van der Waals surface area contributed by atoms with Gasteiger partial charge in [0, 0.05) is 44.7 Å². The fourth-order valence-corrected chi connectivity index (χ4v) is 4.36. The van der Waals surface area contributed by atoms with E-state index in [1.807, 2.05) is 13.8 Å². The van der Waals surface area contributed by atoms with Crippen molar-refractivity contribution in [2.75, 3.05) is 39.4 Å². The maximum absolute atomic E-state index is 13.0. The summed E-state index contributed by atoms with van der Waals surface area (Å²) >= 11 is 0. The second-order valence-electron chi connectivity index (χ2n) is 6.44. The Kier molecular flexibility index (Phi) is 7.46. The zero-order valence-electron chi connectivity index (χ0n) is 16.2. The summed E-state index contributed by atoms with van der Waals surface area (Å²) in [5, 5.41) is 0. The Hall–Kier alpha value is -1.84. The van der Waals surface area contributed by atoms with Crippen molar-refractivity contribution in [3.8, 4) is 11.5 Å². The van der Waals surface area contributed by atoms with Crippen molar-refractivity contribution in [2.24, 2.45) is 5.73 Å². The molecular weight excluding hydrogens is 370 g/mol. The van der Waals surface area contributed by atoms with E-state index in [4.69, 9.17) is 15.2 Å². The number of piperazine rings is 1. The summed E-state index contributed by atoms with van der Waals surface area (Å²) in [6, 6.07) is 4.43. The molecule has 1 atom stereocenters. The van der Waals surface area contributed by atoms with E-state index in [1.54, 1.807) is 17.9 Å². The molecule has 0 aromatic heterocycles. The van der Waals surface area contributed by atoms with E-state index >= 15 is 0 Å². The number of nitrogens with zero attached hydrogens (tertiary/aromatic N) is 2. The molecule has 2 N–H and O–H groups in total. The molecule has 1 heterocycles. The first-order valence-corrected chi connectivity index (χ1v) is 10.7. The standard InChI is InChI=1S/C18H29N3O5S/c1-4-25-16-7-6-15(13-17(16)26-5-2)27(23,24)21-10-8-20(9-11-21)18(22)12-14(3)19/h6-7,13-14H,4-5,8-12,19H2,1-3H3. The van der Waals surface area contributed by atoms with Gasteiger partial charge in [0.1, 0.15) is 0 Å². The van der Waals surface area contributed by atoms with Crippen LogP contribution in [0.15, 0.2) is 23.1 Å². The van der Waals surface area contributed by atoms with Crippen molar-refractivity contribution in [3.63, 3.8) is 0 Å². The van der Waals surface area contributed by atoms with Gasteiger partial charge in [-0.2, -0.15) is 4.31 Å². The molecule has 1 aliphatic heterocycles. The summed E-state index contributed by atoms with van der Waals surface area (Å²) in [7, 11) is -3.67. The van der Waals surface area contributed by atoms with Gasteiger partial charge in [-0.3, -0.25) is 4.79 Å². The number of amides is 1. The fourth-order valence-electron chi connectivity index (χ4n) is 2.92. The first kappa shape index (κ1) is 21.5. The van der Waals surface area contributed by atoms with Gasteiger partial charge in [0.05, 0.1) is 18.1 Å². The number of benzene rings is 1. The summed E-state index contributed by atoms with van der Waals surface area (Å²) in [5.41, 5.74) is 5.67. The Morgan fingerprint density at radius 2 is 1.70 bits per heavy atom. The van der Waals surface area contributed by atoms with E-state index in [9.17, 15) is 13.2 Å². The zero-order valence-corrected chi connectivity index (χ0v) is 17.0. The lowest BCUT2D eigenvalue weighted by atomic mass is 10.2. The zero-order chi connectivity index (χ0) is 20.0. The normalized spacial score (nSPS) is 16.8. The highest BCUT2D eigenvalue weighted by Gasteiger charge is 2.30. The molecule has 1 aliphatic rings. The average molecular weight is 400 g/mol. The SMILES string of the molecule is CCOc1ccc(S(=O)(=O)N2CCN(C(=O)CC(C)N)CC2)cc1OCC. The Bertz CT molecular complexity index is 743. The van der Waals surface area contributed by atoms with Gasteiger partial charge in [-0.1, -0.05) is 0 Å². The Labute approximate surface area is 161 Å². The third-order valence-electron chi connectivity index (χ3n) is 4.24. The molecule has 1 aromatic rings. The van der Waals surface area contributed by atoms with Crippen molar-refractivity contribution in [3.05, 3.63) is 18.2 Å². The lowest BCUT2D eigenvalue weighted by molar-refractivity contribution is -0.132. The molecule has 1 fully saturated rings. The number of rotatable bonds is 8. The van der Waals surface area contributed by atoms with Crippen LogP contribution >= 0.6 is 0 Å². The topological polar surface area (TPSA) is 102 Å². The lowest BCUT2D eigenvalue weighted by Gasteiger charge is -2.34. The number of carbonyl (C=O) groups excluding carboxylic acids is 1. The molecule has 0 aliphatic carbocycles. The van der Waals surface area contributed by atoms with Crippen LogP contribution in [-0.2, 0) is 14.8 Å². The Morgan fingerprint density at radius 1 is 1.11 bits per heavy atom. The van der Waals surface area contributed by atoms with Gasteiger partial charge in [-0.25, -0.2) is 8.42 Å². The first-order valence-electron chi connectivity index (χ1n) is 9.22. The van der Waals surface area contributed by atoms with Crippen molar-refractivity contribution in [1.29, 1.82) is 0 Å². The van der Waals surface area contributed by atoms with Gasteiger partial charge in [-0.05, 0) is 32.9 Å². The maximum Gasteiger partial charge on any atom is 0.243 e. The molecule has 0 saturated carbocycles. The average Bonchev–Trinajstić information content (AvgIpc) is 2.63. The van der Waals surface area contributed by atoms with Crippen molar-refractivity contribution < 1.29 is 22.7 Å². The van der Waals surface area contributed by atoms with Crippen molar-refractivity contribution in [1.82, 2.24) is 9.21 Å². The minimum Gasteiger partial charge on any atom is -0.490 e. The van der Waals surface area contributed by atoms with Crippen LogP contribution in [-0.4, -0.2) is 69.0 Å². The van der Waals surface area contributed by atoms with E-state index in [2.05, 4.69) is 0 Å². The molecule has 0 bridgehead atoms. The molecule has 0 spiro atoms. The highest BCUT2D eigenvalue weighted by atomic mass is 32.2. The molecule has 152 valence electrons. The van der Waals surface area contributed by atoms with E-state index in [-0.39, 0.29) is 36.4 Å². The molecule has 1 saturated heterocycles. The highest BCUT2D eigenvalue weighted by Crippen LogP contribution is 2.31. The van der Waals surface area contributed by atoms with Gasteiger partial charge in [-0.15, -0.1) is 0 Å². The highest BCUT2D eigenvalue weighted by molar-refractivity contribution is 7.89. The summed E-state index contributed by atoms with van der Waals surface area (Å²) in [6.07, 6.45) is 0.267. The minimum atomic E-state index is -3.67. The Balaban J connectivity index is 2.12. The third-order valence-corrected chi connectivity index (χ3v) is 6.14. The second kappa shape index (κ2) is 9.38. The van der Waals surface area contributed by atoms with Gasteiger partial charge in [0.15, 0.2) is 11.5 Å². The van der Waals surface area contributed by atoms with Crippen LogP contribution in [0, 0.1) is 0 Å². The number of hydrogen-bond donors (Lipinski definition) is 1. The molecule has 1 amide bonds. The van der Waals surface area contributed by atoms with Crippen LogP contribution in [0.3, 0.4) is 0 Å². The molecule has 2 rings (SSSR count). The number of hydrogen-bond acceptors (Lipinski definition) is 6. The van der Waals surface area contributed by atoms with Crippen molar-refractivity contribution >= 4 is 15.9 Å². The van der Waals surface area contributed by atoms with Crippen LogP contribution in [0.25, 0.3) is 0 Å². The largest absolute Gasteiger partial charge is 0.490 e. The van der Waals surface area contributed by atoms with Gasteiger partial charge in [0.2, 0.25) is 15.9 Å². The number of nitrogens with two attached hydrogens (primary N) is 1. The lowest BCUT2D eigenvalue weighted by Crippen LogP contribution is -2.51. The predicted octanol–water partition coefficient (Wildman–Crippen LogP) is 1.05. The summed E-state index contributed by atoms with van der Waals surface area (Å²) < 4.78 is 38.4. The van der Waals surface area contributed by atoms with Crippen LogP contribution < -0.4 is 15.2 Å². The first-order chi connectivity index (χ1) is 12.8. The molecule has 27 heavy (non-hydrogen) atoms. The van der Waals surface area contributed by atoms with Gasteiger partial charge >= 0.3 is 0 Å². The van der Waals surface area contributed by atoms with E-state index in [1.165, 1.54) is 16.4 Å². The molecule has 8 nitrogen and oxygen atoms in total. The fraction of sp³-hybridized carbons (Fsp3) is 0.611. The van der Waals surface area contributed by atoms with Crippen LogP contribution in [0.4, 0.5) is 0 Å². The molecule has 1 aromatic carbocycles. The second-order valence-corrected chi connectivity index (χ2v) is 8.38. The van der Waals surface area contributed by atoms with E-state index in [0.717, 1.165) is 0 Å². The van der Waals surface area contributed by atoms with Crippen LogP contribution in [0.2, 0.25) is 0 Å². The third kappa shape index (κ3) is 5.33. The summed E-state index contributed by atoms with van der Waals surface area (Å²) in [4.78, 5) is 13.9. The van der Waals surface area contributed by atoms with Gasteiger partial charge < -0.3 is 20.1 Å². The van der Waals surface area contributed by atoms with Crippen LogP contribution in [0.1, 0.15) is 27.2 Å². The van der Waals surface area contributed by atoms with Crippen LogP contribution in [0.5, 0.6) is 11.5 Å². The summed E-state index contributed by atoms with van der Waals surface area (Å²) in [5.74, 6) is 0.887. The van der Waals surface area contributed by atoms with Crippen molar-refractivity contribution in [2.45, 2.75) is 38.1 Å². The minimum absolute atomic E-state index is 0.0400. The Morgan fingerprint density at radius 3 is 2.26 bits per heavy atom. The van der Waals surface area contributed by atoms with E-state index in [0.29, 0.717) is 37.8 Å². The number of ether oxygens (including phenoxy) is 2. The quantitative estimate of drug-likeness (QED) is 0.701. The molecule has 1 unspecified atom stereocenters. The molecule has 9 heteroatoms. The maximum atomic E-state index is 13.0. The van der Waals surface area contributed by atoms with Gasteiger partial charge in [0.25, 0.3) is 0 Å². The predicted molar refractivity (Wildman–Crippen MR) is 102 cm³/mol. The number of carbonyl (C=O) groups is 1. The summed E-state index contributed by atoms with van der Waals surface area (Å²) in [6.45, 7) is 7.56. The molecule has 0 radical (unpaired) electrons. The smallest absolute Gasteiger partial charge is 0.243 e.